The molecule has 2 N–H and O–H groups in total. The summed E-state index contributed by atoms with van der Waals surface area (Å²) in [5.41, 5.74) is 6.43. The Balaban J connectivity index is 1.67. The number of carbonyl (C=O) groups excluding carboxylic acids is 1. The van der Waals surface area contributed by atoms with Crippen molar-refractivity contribution >= 4 is 34.3 Å². The number of para-hydroxylation sites is 1. The molecule has 2 heterocycles. The fraction of sp³-hybridized carbons (Fsp3) is 0.130. The third-order valence-corrected chi connectivity index (χ3v) is 6.09. The molecule has 0 fully saturated rings. The molecule has 156 valence electrons. The fourth-order valence-electron chi connectivity index (χ4n) is 3.38. The topological polar surface area (TPSA) is 100.0 Å². The average Bonchev–Trinajstić information content (AvgIpc) is 2.80. The summed E-state index contributed by atoms with van der Waals surface area (Å²) < 4.78 is 2.19. The monoisotopic (exact) mass is 432 g/mol. The Bertz CT molecular complexity index is 1390. The van der Waals surface area contributed by atoms with Gasteiger partial charge in [0.15, 0.2) is 5.78 Å². The number of hydrogen-bond donors (Lipinski definition) is 1. The number of Topliss-reactive ketones (excluding diaryl/α,β-unsaturated/α-hetero) is 1. The van der Waals surface area contributed by atoms with Gasteiger partial charge in [-0.15, -0.1) is 11.8 Å². The van der Waals surface area contributed by atoms with E-state index >= 15 is 0 Å². The van der Waals surface area contributed by atoms with Crippen molar-refractivity contribution < 1.29 is 4.79 Å². The summed E-state index contributed by atoms with van der Waals surface area (Å²) >= 11 is 1.31. The largest absolute Gasteiger partial charge is 0.384 e. The standard InChI is InChI=1S/C23H20N4O3S/c1-26-22(29)20(21(24)27(23(26)30)13-15-7-3-2-4-8-15)18(28)14-31-19-11-12-25-17-10-6-5-9-16(17)19/h2-12H,13-14,24H2,1H3. The van der Waals surface area contributed by atoms with Crippen molar-refractivity contribution in [3.8, 4) is 0 Å². The first-order chi connectivity index (χ1) is 15.0. The number of nitrogens with zero attached hydrogens (tertiary/aromatic N) is 3. The van der Waals surface area contributed by atoms with E-state index in [1.54, 1.807) is 6.20 Å². The molecule has 0 unspecified atom stereocenters. The van der Waals surface area contributed by atoms with E-state index in [1.165, 1.54) is 23.4 Å². The quantitative estimate of drug-likeness (QED) is 0.371. The Morgan fingerprint density at radius 2 is 1.74 bits per heavy atom. The minimum absolute atomic E-state index is 0.0109. The predicted molar refractivity (Wildman–Crippen MR) is 123 cm³/mol. The average molecular weight is 433 g/mol. The van der Waals surface area contributed by atoms with Crippen molar-refractivity contribution in [1.82, 2.24) is 14.1 Å². The van der Waals surface area contributed by atoms with Crippen molar-refractivity contribution in [1.29, 1.82) is 0 Å². The fourth-order valence-corrected chi connectivity index (χ4v) is 4.29. The van der Waals surface area contributed by atoms with Crippen LogP contribution in [0.3, 0.4) is 0 Å². The van der Waals surface area contributed by atoms with Crippen molar-refractivity contribution in [2.75, 3.05) is 11.5 Å². The van der Waals surface area contributed by atoms with Gasteiger partial charge in [0.25, 0.3) is 5.56 Å². The summed E-state index contributed by atoms with van der Waals surface area (Å²) in [4.78, 5) is 43.6. The van der Waals surface area contributed by atoms with Crippen molar-refractivity contribution in [2.45, 2.75) is 11.4 Å². The lowest BCUT2D eigenvalue weighted by atomic mass is 10.2. The Kier molecular flexibility index (Phi) is 5.73. The number of anilines is 1. The molecule has 31 heavy (non-hydrogen) atoms. The van der Waals surface area contributed by atoms with Gasteiger partial charge >= 0.3 is 5.69 Å². The number of ketones is 1. The van der Waals surface area contributed by atoms with Gasteiger partial charge in [0.1, 0.15) is 11.4 Å². The van der Waals surface area contributed by atoms with Gasteiger partial charge < -0.3 is 5.73 Å². The van der Waals surface area contributed by atoms with Gasteiger partial charge in [-0.2, -0.15) is 0 Å². The zero-order valence-electron chi connectivity index (χ0n) is 16.8. The summed E-state index contributed by atoms with van der Waals surface area (Å²) in [5.74, 6) is -0.523. The van der Waals surface area contributed by atoms with Crippen LogP contribution in [0.4, 0.5) is 5.82 Å². The molecule has 0 bridgehead atoms. The first kappa shape index (κ1) is 20.6. The van der Waals surface area contributed by atoms with Crippen LogP contribution < -0.4 is 17.0 Å². The van der Waals surface area contributed by atoms with Crippen molar-refractivity contribution in [3.05, 3.63) is 98.8 Å². The van der Waals surface area contributed by atoms with Crippen LogP contribution in [0.5, 0.6) is 0 Å². The maximum Gasteiger partial charge on any atom is 0.332 e. The first-order valence-electron chi connectivity index (χ1n) is 9.60. The highest BCUT2D eigenvalue weighted by molar-refractivity contribution is 8.00. The molecular formula is C23H20N4O3S. The Morgan fingerprint density at radius 1 is 1.03 bits per heavy atom. The van der Waals surface area contributed by atoms with Crippen LogP contribution in [0.25, 0.3) is 10.9 Å². The van der Waals surface area contributed by atoms with E-state index in [4.69, 9.17) is 5.73 Å². The minimum Gasteiger partial charge on any atom is -0.384 e. The molecule has 2 aromatic carbocycles. The second-order valence-corrected chi connectivity index (χ2v) is 8.03. The van der Waals surface area contributed by atoms with E-state index in [0.717, 1.165) is 25.9 Å². The summed E-state index contributed by atoms with van der Waals surface area (Å²) in [7, 11) is 1.35. The highest BCUT2D eigenvalue weighted by atomic mass is 32.2. The number of hydrogen-bond acceptors (Lipinski definition) is 6. The molecule has 0 aliphatic carbocycles. The number of nitrogen functional groups attached to an aromatic ring is 1. The van der Waals surface area contributed by atoms with Crippen LogP contribution in [0.2, 0.25) is 0 Å². The SMILES string of the molecule is Cn1c(=O)c(C(=O)CSc2ccnc3ccccc23)c(N)n(Cc2ccccc2)c1=O. The normalized spacial score (nSPS) is 11.0. The van der Waals surface area contributed by atoms with Gasteiger partial charge in [-0.3, -0.25) is 23.7 Å². The van der Waals surface area contributed by atoms with Gasteiger partial charge in [0, 0.05) is 23.5 Å². The third-order valence-electron chi connectivity index (χ3n) is 5.01. The number of benzene rings is 2. The van der Waals surface area contributed by atoms with Crippen molar-refractivity contribution in [2.24, 2.45) is 7.05 Å². The molecule has 7 nitrogen and oxygen atoms in total. The number of nitrogens with two attached hydrogens (primary N) is 1. The Labute approximate surface area is 182 Å². The van der Waals surface area contributed by atoms with Crippen LogP contribution in [-0.4, -0.2) is 25.7 Å². The smallest absolute Gasteiger partial charge is 0.332 e. The molecule has 0 radical (unpaired) electrons. The molecule has 0 aliphatic rings. The van der Waals surface area contributed by atoms with Gasteiger partial charge in [-0.05, 0) is 17.7 Å². The lowest BCUT2D eigenvalue weighted by Gasteiger charge is -2.14. The van der Waals surface area contributed by atoms with E-state index in [9.17, 15) is 14.4 Å². The summed E-state index contributed by atoms with van der Waals surface area (Å²) in [6, 6.07) is 18.7. The number of carbonyl (C=O) groups is 1. The van der Waals surface area contributed by atoms with Crippen molar-refractivity contribution in [3.63, 3.8) is 0 Å². The van der Waals surface area contributed by atoms with Crippen LogP contribution in [-0.2, 0) is 13.6 Å². The lowest BCUT2D eigenvalue weighted by molar-refractivity contribution is 0.102. The van der Waals surface area contributed by atoms with E-state index in [0.29, 0.717) is 0 Å². The van der Waals surface area contributed by atoms with E-state index in [2.05, 4.69) is 4.98 Å². The molecule has 0 amide bonds. The molecule has 8 heteroatoms. The maximum absolute atomic E-state index is 13.0. The summed E-state index contributed by atoms with van der Waals surface area (Å²) in [5, 5.41) is 0.928. The highest BCUT2D eigenvalue weighted by Gasteiger charge is 2.22. The molecule has 0 spiro atoms. The Hall–Kier alpha value is -3.65. The van der Waals surface area contributed by atoms with Gasteiger partial charge in [0.2, 0.25) is 0 Å². The molecule has 0 saturated heterocycles. The molecule has 0 atom stereocenters. The lowest BCUT2D eigenvalue weighted by Crippen LogP contribution is -2.43. The second kappa shape index (κ2) is 8.61. The number of pyridine rings is 1. The van der Waals surface area contributed by atoms with Gasteiger partial charge in [-0.25, -0.2) is 4.79 Å². The second-order valence-electron chi connectivity index (χ2n) is 7.02. The zero-order chi connectivity index (χ0) is 22.0. The van der Waals surface area contributed by atoms with Crippen LogP contribution >= 0.6 is 11.8 Å². The molecule has 4 rings (SSSR count). The van der Waals surface area contributed by atoms with E-state index in [1.807, 2.05) is 60.7 Å². The number of fused-ring (bicyclic) bond motifs is 1. The van der Waals surface area contributed by atoms with Gasteiger partial charge in [0.05, 0.1) is 17.8 Å². The number of rotatable bonds is 6. The predicted octanol–water partition coefficient (Wildman–Crippen LogP) is 2.70. The minimum atomic E-state index is -0.683. The highest BCUT2D eigenvalue weighted by Crippen LogP contribution is 2.27. The van der Waals surface area contributed by atoms with E-state index in [-0.39, 0.29) is 23.7 Å². The van der Waals surface area contributed by atoms with Gasteiger partial charge in [-0.1, -0.05) is 48.5 Å². The molecule has 0 saturated carbocycles. The Morgan fingerprint density at radius 3 is 2.52 bits per heavy atom. The van der Waals surface area contributed by atoms with Crippen LogP contribution in [0.1, 0.15) is 15.9 Å². The molecule has 4 aromatic rings. The zero-order valence-corrected chi connectivity index (χ0v) is 17.6. The summed E-state index contributed by atoms with van der Waals surface area (Å²) in [6.45, 7) is 0.169. The molecule has 0 aliphatic heterocycles. The van der Waals surface area contributed by atoms with E-state index < -0.39 is 17.0 Å². The maximum atomic E-state index is 13.0. The van der Waals surface area contributed by atoms with Crippen LogP contribution in [0.15, 0.2) is 81.3 Å². The summed E-state index contributed by atoms with van der Waals surface area (Å²) in [6.07, 6.45) is 1.68. The number of thioether (sulfide) groups is 1. The first-order valence-corrected chi connectivity index (χ1v) is 10.6. The third kappa shape index (κ3) is 4.02. The molecular weight excluding hydrogens is 412 g/mol. The van der Waals surface area contributed by atoms with Crippen LogP contribution in [0, 0.1) is 0 Å². The number of aromatic nitrogens is 3. The molecule has 2 aromatic heterocycles.